The van der Waals surface area contributed by atoms with Gasteiger partial charge in [-0.1, -0.05) is 12.8 Å². The van der Waals surface area contributed by atoms with E-state index in [-0.39, 0.29) is 17.5 Å². The maximum Gasteiger partial charge on any atom is 0.317 e. The zero-order valence-corrected chi connectivity index (χ0v) is 15.1. The van der Waals surface area contributed by atoms with Gasteiger partial charge in [-0.3, -0.25) is 0 Å². The second kappa shape index (κ2) is 7.13. The molecule has 0 aliphatic heterocycles. The van der Waals surface area contributed by atoms with Crippen molar-refractivity contribution in [2.75, 3.05) is 13.7 Å². The lowest BCUT2D eigenvalue weighted by atomic mass is 9.60. The maximum absolute atomic E-state index is 12.7. The third kappa shape index (κ3) is 3.16. The summed E-state index contributed by atoms with van der Waals surface area (Å²) >= 11 is 0. The summed E-state index contributed by atoms with van der Waals surface area (Å²) in [5.74, 6) is 0. The standard InChI is InChI=1S/C18H30N4O2/c1-4-24-16-11-15(18(16)7-5-6-8-18)21(3)17(23)20-14(2)12-22-10-9-19-13-22/h9-10,13-16H,4-8,11-12H2,1-3H3,(H,20,23)/t14-,15-,16-/m1/s1. The third-order valence-electron chi connectivity index (χ3n) is 5.85. The average molecular weight is 334 g/mol. The number of urea groups is 1. The lowest BCUT2D eigenvalue weighted by molar-refractivity contribution is -0.151. The molecule has 1 N–H and O–H groups in total. The molecule has 2 saturated carbocycles. The van der Waals surface area contributed by atoms with Gasteiger partial charge in [0.1, 0.15) is 0 Å². The molecular weight excluding hydrogens is 304 g/mol. The van der Waals surface area contributed by atoms with E-state index in [9.17, 15) is 4.79 Å². The van der Waals surface area contributed by atoms with Crippen LogP contribution in [0.4, 0.5) is 4.79 Å². The fraction of sp³-hybridized carbons (Fsp3) is 0.778. The van der Waals surface area contributed by atoms with E-state index < -0.39 is 0 Å². The van der Waals surface area contributed by atoms with Crippen molar-refractivity contribution in [3.63, 3.8) is 0 Å². The third-order valence-corrected chi connectivity index (χ3v) is 5.85. The van der Waals surface area contributed by atoms with E-state index in [2.05, 4.69) is 17.2 Å². The topological polar surface area (TPSA) is 59.4 Å². The molecule has 0 saturated heterocycles. The maximum atomic E-state index is 12.7. The summed E-state index contributed by atoms with van der Waals surface area (Å²) in [6, 6.07) is 0.391. The van der Waals surface area contributed by atoms with Gasteiger partial charge in [-0.05, 0) is 33.1 Å². The summed E-state index contributed by atoms with van der Waals surface area (Å²) in [6.07, 6.45) is 11.6. The molecular formula is C18H30N4O2. The van der Waals surface area contributed by atoms with E-state index in [0.717, 1.165) is 19.6 Å². The summed E-state index contributed by atoms with van der Waals surface area (Å²) in [6.45, 7) is 5.58. The fourth-order valence-corrected chi connectivity index (χ4v) is 4.60. The minimum Gasteiger partial charge on any atom is -0.378 e. The Morgan fingerprint density at radius 2 is 2.25 bits per heavy atom. The number of carbonyl (C=O) groups excluding carboxylic acids is 1. The monoisotopic (exact) mass is 334 g/mol. The van der Waals surface area contributed by atoms with Gasteiger partial charge >= 0.3 is 6.03 Å². The predicted molar refractivity (Wildman–Crippen MR) is 92.7 cm³/mol. The Hall–Kier alpha value is -1.56. The number of amides is 2. The summed E-state index contributed by atoms with van der Waals surface area (Å²) in [4.78, 5) is 18.6. The summed E-state index contributed by atoms with van der Waals surface area (Å²) < 4.78 is 7.94. The van der Waals surface area contributed by atoms with Crippen molar-refractivity contribution in [2.24, 2.45) is 5.41 Å². The summed E-state index contributed by atoms with van der Waals surface area (Å²) in [5.41, 5.74) is 0.190. The van der Waals surface area contributed by atoms with Crippen molar-refractivity contribution < 1.29 is 9.53 Å². The van der Waals surface area contributed by atoms with Crippen LogP contribution in [0, 0.1) is 5.41 Å². The zero-order chi connectivity index (χ0) is 17.2. The van der Waals surface area contributed by atoms with Crippen LogP contribution < -0.4 is 5.32 Å². The molecule has 2 aliphatic carbocycles. The molecule has 0 bridgehead atoms. The molecule has 3 rings (SSSR count). The van der Waals surface area contributed by atoms with Crippen molar-refractivity contribution in [3.05, 3.63) is 18.7 Å². The van der Waals surface area contributed by atoms with E-state index in [0.29, 0.717) is 12.1 Å². The number of hydrogen-bond donors (Lipinski definition) is 1. The lowest BCUT2D eigenvalue weighted by Gasteiger charge is -2.56. The van der Waals surface area contributed by atoms with Gasteiger partial charge in [-0.25, -0.2) is 9.78 Å². The highest BCUT2D eigenvalue weighted by atomic mass is 16.5. The van der Waals surface area contributed by atoms with Crippen LogP contribution in [0.3, 0.4) is 0 Å². The van der Waals surface area contributed by atoms with E-state index in [1.54, 1.807) is 12.5 Å². The Morgan fingerprint density at radius 1 is 1.50 bits per heavy atom. The largest absolute Gasteiger partial charge is 0.378 e. The molecule has 24 heavy (non-hydrogen) atoms. The first-order valence-electron chi connectivity index (χ1n) is 9.17. The molecule has 2 aliphatic rings. The normalized spacial score (nSPS) is 26.1. The fourth-order valence-electron chi connectivity index (χ4n) is 4.60. The van der Waals surface area contributed by atoms with Gasteiger partial charge < -0.3 is 19.5 Å². The Labute approximate surface area is 144 Å². The molecule has 1 aromatic heterocycles. The highest BCUT2D eigenvalue weighted by molar-refractivity contribution is 5.74. The van der Waals surface area contributed by atoms with Crippen LogP contribution in [0.15, 0.2) is 18.7 Å². The lowest BCUT2D eigenvalue weighted by Crippen LogP contribution is -2.65. The average Bonchev–Trinajstić information content (AvgIpc) is 3.22. The summed E-state index contributed by atoms with van der Waals surface area (Å²) in [7, 11) is 1.94. The first-order valence-corrected chi connectivity index (χ1v) is 9.17. The van der Waals surface area contributed by atoms with Gasteiger partial charge in [-0.2, -0.15) is 0 Å². The number of nitrogens with zero attached hydrogens (tertiary/aromatic N) is 3. The van der Waals surface area contributed by atoms with Crippen molar-refractivity contribution in [1.29, 1.82) is 0 Å². The first-order chi connectivity index (χ1) is 11.6. The molecule has 1 spiro atoms. The predicted octanol–water partition coefficient (Wildman–Crippen LogP) is 2.65. The van der Waals surface area contributed by atoms with Crippen LogP contribution >= 0.6 is 0 Å². The van der Waals surface area contributed by atoms with Crippen LogP contribution in [-0.4, -0.2) is 52.3 Å². The Bertz CT molecular complexity index is 539. The zero-order valence-electron chi connectivity index (χ0n) is 15.1. The molecule has 1 aromatic rings. The van der Waals surface area contributed by atoms with E-state index in [4.69, 9.17) is 4.74 Å². The highest BCUT2D eigenvalue weighted by Crippen LogP contribution is 2.56. The van der Waals surface area contributed by atoms with Crippen molar-refractivity contribution >= 4 is 6.03 Å². The van der Waals surface area contributed by atoms with Crippen LogP contribution in [0.1, 0.15) is 46.0 Å². The Kier molecular flexibility index (Phi) is 5.13. The van der Waals surface area contributed by atoms with Gasteiger partial charge in [0.25, 0.3) is 0 Å². The molecule has 2 fully saturated rings. The second-order valence-corrected chi connectivity index (χ2v) is 7.36. The number of ether oxygens (including phenoxy) is 1. The molecule has 0 radical (unpaired) electrons. The number of carbonyl (C=O) groups is 1. The van der Waals surface area contributed by atoms with Gasteiger partial charge in [0.2, 0.25) is 0 Å². The van der Waals surface area contributed by atoms with Crippen molar-refractivity contribution in [2.45, 2.75) is 70.7 Å². The van der Waals surface area contributed by atoms with Gasteiger partial charge in [0.15, 0.2) is 0 Å². The molecule has 3 atom stereocenters. The van der Waals surface area contributed by atoms with Crippen molar-refractivity contribution in [1.82, 2.24) is 19.8 Å². The number of imidazole rings is 1. The van der Waals surface area contributed by atoms with Crippen LogP contribution in [-0.2, 0) is 11.3 Å². The van der Waals surface area contributed by atoms with Gasteiger partial charge in [0, 0.05) is 50.1 Å². The molecule has 0 aromatic carbocycles. The smallest absolute Gasteiger partial charge is 0.317 e. The molecule has 134 valence electrons. The highest BCUT2D eigenvalue weighted by Gasteiger charge is 2.58. The SMILES string of the molecule is CCO[C@@H]1C[C@@H](N(C)C(=O)N[C@H](C)Cn2ccnc2)C12CCCC2. The number of rotatable bonds is 6. The molecule has 1 heterocycles. The van der Waals surface area contributed by atoms with E-state index in [1.807, 2.05) is 29.6 Å². The molecule has 6 nitrogen and oxygen atoms in total. The van der Waals surface area contributed by atoms with E-state index >= 15 is 0 Å². The van der Waals surface area contributed by atoms with Crippen LogP contribution in [0.2, 0.25) is 0 Å². The van der Waals surface area contributed by atoms with E-state index in [1.165, 1.54) is 25.7 Å². The minimum atomic E-state index is 0.0221. The first kappa shape index (κ1) is 17.3. The minimum absolute atomic E-state index is 0.0221. The van der Waals surface area contributed by atoms with Gasteiger partial charge in [0.05, 0.1) is 12.4 Å². The number of nitrogens with one attached hydrogen (secondary N) is 1. The second-order valence-electron chi connectivity index (χ2n) is 7.36. The summed E-state index contributed by atoms with van der Waals surface area (Å²) in [5, 5.41) is 3.12. The molecule has 6 heteroatoms. The molecule has 0 unspecified atom stereocenters. The Balaban J connectivity index is 1.57. The van der Waals surface area contributed by atoms with Crippen LogP contribution in [0.5, 0.6) is 0 Å². The quantitative estimate of drug-likeness (QED) is 0.870. The van der Waals surface area contributed by atoms with Crippen LogP contribution in [0.25, 0.3) is 0 Å². The number of aromatic nitrogens is 2. The van der Waals surface area contributed by atoms with Gasteiger partial charge in [-0.15, -0.1) is 0 Å². The molecule has 2 amide bonds. The Morgan fingerprint density at radius 3 is 2.88 bits per heavy atom. The number of hydrogen-bond acceptors (Lipinski definition) is 3. The van der Waals surface area contributed by atoms with Crippen molar-refractivity contribution in [3.8, 4) is 0 Å².